The smallest absolute Gasteiger partial charge is 0.182 e. The lowest BCUT2D eigenvalue weighted by molar-refractivity contribution is 0.276. The molecule has 0 saturated heterocycles. The van der Waals surface area contributed by atoms with E-state index in [2.05, 4.69) is 23.3 Å². The normalized spacial score (nSPS) is 11.2. The minimum Gasteiger partial charge on any atom is -0.390 e. The molecule has 0 atom stereocenters. The number of aliphatic hydroxyl groups is 1. The van der Waals surface area contributed by atoms with Crippen molar-refractivity contribution in [3.05, 3.63) is 78.1 Å². The molecule has 0 aliphatic heterocycles. The maximum Gasteiger partial charge on any atom is 0.182 e. The predicted octanol–water partition coefficient (Wildman–Crippen LogP) is 2.76. The van der Waals surface area contributed by atoms with E-state index in [4.69, 9.17) is 5.10 Å². The average molecular weight is 304 g/mol. The minimum atomic E-state index is -0.0738. The number of para-hydroxylation sites is 1. The van der Waals surface area contributed by atoms with Crippen LogP contribution in [-0.4, -0.2) is 24.7 Å². The molecule has 2 aromatic carbocycles. The second kappa shape index (κ2) is 5.70. The third-order valence-electron chi connectivity index (χ3n) is 3.84. The third kappa shape index (κ3) is 2.51. The number of aromatic nitrogens is 4. The van der Waals surface area contributed by atoms with Crippen molar-refractivity contribution < 1.29 is 5.11 Å². The van der Waals surface area contributed by atoms with Crippen LogP contribution in [0.3, 0.4) is 0 Å². The molecule has 0 aliphatic carbocycles. The zero-order chi connectivity index (χ0) is 15.6. The molecule has 2 aromatic heterocycles. The Balaban J connectivity index is 1.83. The van der Waals surface area contributed by atoms with E-state index in [1.807, 2.05) is 47.3 Å². The van der Waals surface area contributed by atoms with E-state index in [9.17, 15) is 5.11 Å². The second-order valence-corrected chi connectivity index (χ2v) is 5.39. The molecule has 0 spiro atoms. The lowest BCUT2D eigenvalue weighted by Crippen LogP contribution is -2.03. The zero-order valence-corrected chi connectivity index (χ0v) is 12.5. The summed E-state index contributed by atoms with van der Waals surface area (Å²) in [5.41, 5.74) is 2.89. The van der Waals surface area contributed by atoms with E-state index in [0.717, 1.165) is 16.7 Å². The Kier molecular flexibility index (Phi) is 3.40. The summed E-state index contributed by atoms with van der Waals surface area (Å²) >= 11 is 0. The number of hydrogen-bond acceptors (Lipinski definition) is 3. The molecular weight excluding hydrogens is 288 g/mol. The topological polar surface area (TPSA) is 55.9 Å². The number of rotatable bonds is 4. The lowest BCUT2D eigenvalue weighted by atomic mass is 10.2. The minimum absolute atomic E-state index is 0.0738. The van der Waals surface area contributed by atoms with E-state index in [0.29, 0.717) is 12.2 Å². The number of benzene rings is 2. The second-order valence-electron chi connectivity index (χ2n) is 5.39. The zero-order valence-electron chi connectivity index (χ0n) is 12.5. The number of fused-ring (bicyclic) bond motifs is 1. The van der Waals surface area contributed by atoms with Crippen LogP contribution in [0.25, 0.3) is 16.7 Å². The summed E-state index contributed by atoms with van der Waals surface area (Å²) in [6.07, 6.45) is 1.83. The maximum atomic E-state index is 9.21. The predicted molar refractivity (Wildman–Crippen MR) is 88.3 cm³/mol. The van der Waals surface area contributed by atoms with Gasteiger partial charge in [0.2, 0.25) is 0 Å². The first-order chi connectivity index (χ1) is 11.3. The molecule has 0 saturated carbocycles. The Labute approximate surface area is 133 Å². The molecule has 0 amide bonds. The SMILES string of the molecule is OCc1ccn(-c2nn(Cc3ccccc3)c3ccccc23)n1. The summed E-state index contributed by atoms with van der Waals surface area (Å²) in [4.78, 5) is 0. The van der Waals surface area contributed by atoms with Crippen molar-refractivity contribution in [1.82, 2.24) is 19.6 Å². The first-order valence-corrected chi connectivity index (χ1v) is 7.50. The number of hydrogen-bond donors (Lipinski definition) is 1. The van der Waals surface area contributed by atoms with Gasteiger partial charge in [0.1, 0.15) is 0 Å². The van der Waals surface area contributed by atoms with Gasteiger partial charge in [-0.1, -0.05) is 42.5 Å². The fraction of sp³-hybridized carbons (Fsp3) is 0.111. The summed E-state index contributed by atoms with van der Waals surface area (Å²) in [5, 5.41) is 19.3. The summed E-state index contributed by atoms with van der Waals surface area (Å²) in [7, 11) is 0. The Morgan fingerprint density at radius 2 is 1.65 bits per heavy atom. The Morgan fingerprint density at radius 1 is 0.870 bits per heavy atom. The van der Waals surface area contributed by atoms with Gasteiger partial charge in [0, 0.05) is 11.6 Å². The van der Waals surface area contributed by atoms with Crippen LogP contribution in [0, 0.1) is 0 Å². The molecule has 0 radical (unpaired) electrons. The molecule has 1 N–H and O–H groups in total. The van der Waals surface area contributed by atoms with Crippen LogP contribution in [0.15, 0.2) is 66.9 Å². The highest BCUT2D eigenvalue weighted by Crippen LogP contribution is 2.22. The largest absolute Gasteiger partial charge is 0.390 e. The average Bonchev–Trinajstić information content (AvgIpc) is 3.21. The van der Waals surface area contributed by atoms with Crippen LogP contribution in [0.1, 0.15) is 11.3 Å². The quantitative estimate of drug-likeness (QED) is 0.631. The van der Waals surface area contributed by atoms with Crippen LogP contribution in [0.4, 0.5) is 0 Å². The Bertz CT molecular complexity index is 940. The van der Waals surface area contributed by atoms with Gasteiger partial charge in [0.05, 0.1) is 24.4 Å². The molecule has 4 rings (SSSR count). The highest BCUT2D eigenvalue weighted by atomic mass is 16.3. The molecule has 0 fully saturated rings. The van der Waals surface area contributed by atoms with E-state index >= 15 is 0 Å². The summed E-state index contributed by atoms with van der Waals surface area (Å²) in [5.74, 6) is 0.774. The number of nitrogens with zero attached hydrogens (tertiary/aromatic N) is 4. The molecule has 4 aromatic rings. The van der Waals surface area contributed by atoms with Gasteiger partial charge in [-0.2, -0.15) is 10.2 Å². The first kappa shape index (κ1) is 13.7. The van der Waals surface area contributed by atoms with Crippen LogP contribution in [-0.2, 0) is 13.2 Å². The van der Waals surface area contributed by atoms with Crippen molar-refractivity contribution in [2.24, 2.45) is 0 Å². The third-order valence-corrected chi connectivity index (χ3v) is 3.84. The monoisotopic (exact) mass is 304 g/mol. The summed E-state index contributed by atoms with van der Waals surface area (Å²) < 4.78 is 3.70. The van der Waals surface area contributed by atoms with Crippen molar-refractivity contribution in [3.63, 3.8) is 0 Å². The van der Waals surface area contributed by atoms with Gasteiger partial charge in [0.25, 0.3) is 0 Å². The van der Waals surface area contributed by atoms with Gasteiger partial charge in [-0.25, -0.2) is 4.68 Å². The van der Waals surface area contributed by atoms with Gasteiger partial charge in [0.15, 0.2) is 5.82 Å². The maximum absolute atomic E-state index is 9.21. The van der Waals surface area contributed by atoms with Crippen LogP contribution in [0.5, 0.6) is 0 Å². The van der Waals surface area contributed by atoms with Gasteiger partial charge < -0.3 is 5.11 Å². The van der Waals surface area contributed by atoms with Gasteiger partial charge >= 0.3 is 0 Å². The van der Waals surface area contributed by atoms with Crippen molar-refractivity contribution in [2.75, 3.05) is 0 Å². The molecule has 114 valence electrons. The van der Waals surface area contributed by atoms with Gasteiger partial charge in [-0.15, -0.1) is 0 Å². The van der Waals surface area contributed by atoms with Gasteiger partial charge in [-0.05, 0) is 23.8 Å². The fourth-order valence-corrected chi connectivity index (χ4v) is 2.72. The van der Waals surface area contributed by atoms with Crippen molar-refractivity contribution in [1.29, 1.82) is 0 Å². The van der Waals surface area contributed by atoms with Crippen molar-refractivity contribution >= 4 is 10.9 Å². The van der Waals surface area contributed by atoms with E-state index in [1.54, 1.807) is 10.7 Å². The Morgan fingerprint density at radius 3 is 2.43 bits per heavy atom. The van der Waals surface area contributed by atoms with E-state index in [-0.39, 0.29) is 6.61 Å². The molecular formula is C18H16N4O. The van der Waals surface area contributed by atoms with Crippen molar-refractivity contribution in [3.8, 4) is 5.82 Å². The summed E-state index contributed by atoms with van der Waals surface area (Å²) in [6, 6.07) is 20.2. The van der Waals surface area contributed by atoms with Crippen LogP contribution >= 0.6 is 0 Å². The highest BCUT2D eigenvalue weighted by molar-refractivity contribution is 5.86. The van der Waals surface area contributed by atoms with Gasteiger partial charge in [-0.3, -0.25) is 4.68 Å². The van der Waals surface area contributed by atoms with Crippen molar-refractivity contribution in [2.45, 2.75) is 13.2 Å². The summed E-state index contributed by atoms with van der Waals surface area (Å²) in [6.45, 7) is 0.630. The number of aliphatic hydroxyl groups excluding tert-OH is 1. The molecule has 5 heteroatoms. The molecule has 0 unspecified atom stereocenters. The molecule has 2 heterocycles. The molecule has 0 bridgehead atoms. The Hall–Kier alpha value is -2.92. The molecule has 5 nitrogen and oxygen atoms in total. The standard InChI is InChI=1S/C18H16N4O/c23-13-15-10-11-21(19-15)18-16-8-4-5-9-17(16)22(20-18)12-14-6-2-1-3-7-14/h1-11,23H,12-13H2. The molecule has 0 aliphatic rings. The van der Waals surface area contributed by atoms with E-state index in [1.165, 1.54) is 5.56 Å². The van der Waals surface area contributed by atoms with Crippen LogP contribution in [0.2, 0.25) is 0 Å². The highest BCUT2D eigenvalue weighted by Gasteiger charge is 2.13. The lowest BCUT2D eigenvalue weighted by Gasteiger charge is -2.03. The fourth-order valence-electron chi connectivity index (χ4n) is 2.72. The first-order valence-electron chi connectivity index (χ1n) is 7.50. The van der Waals surface area contributed by atoms with E-state index < -0.39 is 0 Å². The molecule has 23 heavy (non-hydrogen) atoms. The van der Waals surface area contributed by atoms with Crippen LogP contribution < -0.4 is 0 Å².